The van der Waals surface area contributed by atoms with Gasteiger partial charge in [-0.2, -0.15) is 0 Å². The summed E-state index contributed by atoms with van der Waals surface area (Å²) in [6.07, 6.45) is 0. The summed E-state index contributed by atoms with van der Waals surface area (Å²) >= 11 is 0. The van der Waals surface area contributed by atoms with E-state index in [2.05, 4.69) is 9.69 Å². The standard InChI is InChI=1S/Mg.H3N3Si.2H/c;1-2-3-4;;/h;4H3;;. The molecule has 0 N–H and O–H groups in total. The predicted octanol–water partition coefficient (Wildman–Crippen LogP) is -1.34. The van der Waals surface area contributed by atoms with Gasteiger partial charge in [0.05, 0.1) is 0 Å². The molecule has 0 saturated heterocycles. The first-order valence-corrected chi connectivity index (χ1v) is 1.74. The highest BCUT2D eigenvalue weighted by Crippen LogP contribution is 1.44. The first-order valence-electron chi connectivity index (χ1n) is 0.847. The Morgan fingerprint density at radius 3 is 2.00 bits per heavy atom. The molecule has 0 amide bonds. The number of rotatable bonds is 0. The zero-order valence-electron chi connectivity index (χ0n) is 2.34. The summed E-state index contributed by atoms with van der Waals surface area (Å²) in [4.78, 5) is 2.42. The number of nitrogens with zero attached hydrogens (tertiary/aromatic N) is 3. The third-order valence-corrected chi connectivity index (χ3v) is 0.268. The second kappa shape index (κ2) is 8.85. The normalized spacial score (nSPS) is 4.00. The SMILES string of the molecule is [MgH2].[N-]=[N+]=N[SiH3]. The Morgan fingerprint density at radius 1 is 1.80 bits per heavy atom. The van der Waals surface area contributed by atoms with Crippen LogP contribution < -0.4 is 0 Å². The number of hydrogen-bond donors (Lipinski definition) is 0. The van der Waals surface area contributed by atoms with Gasteiger partial charge in [0.2, 0.25) is 0 Å². The lowest BCUT2D eigenvalue weighted by atomic mass is 13.0. The molecule has 0 fully saturated rings. The summed E-state index contributed by atoms with van der Waals surface area (Å²) in [6, 6.07) is 0. The molecule has 0 spiro atoms. The Bertz CT molecular complexity index is 44.9. The first kappa shape index (κ1) is 9.00. The first-order chi connectivity index (χ1) is 1.91. The molecule has 0 aromatic carbocycles. The van der Waals surface area contributed by atoms with E-state index in [-0.39, 0.29) is 23.1 Å². The van der Waals surface area contributed by atoms with Crippen LogP contribution in [0, 0.1) is 0 Å². The molecule has 0 bridgehead atoms. The lowest BCUT2D eigenvalue weighted by Gasteiger charge is -1.34. The van der Waals surface area contributed by atoms with Gasteiger partial charge in [0.15, 0.2) is 0 Å². The average Bonchev–Trinajstić information content (AvgIpc) is 1.37. The van der Waals surface area contributed by atoms with Crippen molar-refractivity contribution in [3.63, 3.8) is 0 Å². The van der Waals surface area contributed by atoms with E-state index in [4.69, 9.17) is 5.53 Å². The van der Waals surface area contributed by atoms with Crippen LogP contribution in [0.25, 0.3) is 10.4 Å². The molecule has 0 aliphatic carbocycles. The van der Waals surface area contributed by atoms with Crippen LogP contribution in [0.3, 0.4) is 0 Å². The van der Waals surface area contributed by atoms with E-state index in [9.17, 15) is 0 Å². The van der Waals surface area contributed by atoms with E-state index in [1.165, 1.54) is 0 Å². The number of azide groups is 1. The van der Waals surface area contributed by atoms with Crippen molar-refractivity contribution < 1.29 is 0 Å². The van der Waals surface area contributed by atoms with Gasteiger partial charge in [-0.15, -0.1) is 4.78 Å². The zero-order chi connectivity index (χ0) is 3.41. The molecule has 5 heavy (non-hydrogen) atoms. The fourth-order valence-corrected chi connectivity index (χ4v) is 0. The minimum absolute atomic E-state index is 0. The molecule has 0 aliphatic heterocycles. The van der Waals surface area contributed by atoms with Crippen LogP contribution in [0.5, 0.6) is 0 Å². The summed E-state index contributed by atoms with van der Waals surface area (Å²) in [5.41, 5.74) is 7.37. The van der Waals surface area contributed by atoms with E-state index < -0.39 is 0 Å². The van der Waals surface area contributed by atoms with E-state index in [1.807, 2.05) is 0 Å². The molecule has 0 heterocycles. The smallest absolute Gasteiger partial charge is 0.136 e. The topological polar surface area (TPSA) is 48.8 Å². The summed E-state index contributed by atoms with van der Waals surface area (Å²) in [5, 5.41) is 0. The van der Waals surface area contributed by atoms with Crippen molar-refractivity contribution in [3.05, 3.63) is 10.4 Å². The van der Waals surface area contributed by atoms with Crippen LogP contribution in [-0.4, -0.2) is 33.5 Å². The van der Waals surface area contributed by atoms with Gasteiger partial charge < -0.3 is 0 Å². The van der Waals surface area contributed by atoms with Crippen molar-refractivity contribution in [1.82, 2.24) is 0 Å². The van der Waals surface area contributed by atoms with E-state index in [0.717, 1.165) is 0 Å². The molecule has 5 heteroatoms. The Labute approximate surface area is 49.0 Å². The van der Waals surface area contributed by atoms with Crippen LogP contribution >= 0.6 is 0 Å². The van der Waals surface area contributed by atoms with Crippen LogP contribution in [0.2, 0.25) is 0 Å². The lowest BCUT2D eigenvalue weighted by molar-refractivity contribution is 1.78. The molecule has 0 aliphatic rings. The van der Waals surface area contributed by atoms with Crippen molar-refractivity contribution in [2.45, 2.75) is 0 Å². The molecule has 0 aromatic heterocycles. The molecule has 0 unspecified atom stereocenters. The molecule has 0 aromatic rings. The van der Waals surface area contributed by atoms with E-state index >= 15 is 0 Å². The van der Waals surface area contributed by atoms with Crippen molar-refractivity contribution >= 4 is 33.5 Å². The van der Waals surface area contributed by atoms with Crippen molar-refractivity contribution in [3.8, 4) is 0 Å². The van der Waals surface area contributed by atoms with Gasteiger partial charge in [0.1, 0.15) is 10.4 Å². The molecule has 26 valence electrons. The highest BCUT2D eigenvalue weighted by molar-refractivity contribution is 6.05. The molecule has 0 radical (unpaired) electrons. The van der Waals surface area contributed by atoms with Gasteiger partial charge in [0, 0.05) is 0 Å². The monoisotopic (exact) mass is 99.0 g/mol. The van der Waals surface area contributed by atoms with Gasteiger partial charge in [-0.25, -0.2) is 0 Å². The fourth-order valence-electron chi connectivity index (χ4n) is 0. The van der Waals surface area contributed by atoms with Crippen LogP contribution in [-0.2, 0) is 0 Å². The second-order valence-electron chi connectivity index (χ2n) is 0.289. The molecule has 3 nitrogen and oxygen atoms in total. The van der Waals surface area contributed by atoms with Gasteiger partial charge in [-0.3, -0.25) is 0 Å². The van der Waals surface area contributed by atoms with Crippen molar-refractivity contribution in [2.75, 3.05) is 0 Å². The molecular formula is H5MgN3Si. The van der Waals surface area contributed by atoms with E-state index in [1.54, 1.807) is 0 Å². The average molecular weight is 99.5 g/mol. The molecule has 0 atom stereocenters. The maximum Gasteiger partial charge on any atom is 0.316 e. The maximum absolute atomic E-state index is 7.37. The quantitative estimate of drug-likeness (QED) is 0.156. The van der Waals surface area contributed by atoms with Crippen molar-refractivity contribution in [1.29, 1.82) is 0 Å². The van der Waals surface area contributed by atoms with Crippen LogP contribution in [0.4, 0.5) is 0 Å². The second-order valence-corrected chi connectivity index (χ2v) is 0.689. The predicted molar refractivity (Wildman–Crippen MR) is 27.6 cm³/mol. The molecule has 0 rings (SSSR count). The van der Waals surface area contributed by atoms with Gasteiger partial charge >= 0.3 is 23.1 Å². The summed E-state index contributed by atoms with van der Waals surface area (Å²) < 4.78 is 3.06. The van der Waals surface area contributed by atoms with Crippen molar-refractivity contribution in [2.24, 2.45) is 4.78 Å². The van der Waals surface area contributed by atoms with Gasteiger partial charge in [-0.05, 0) is 10.4 Å². The largest absolute Gasteiger partial charge is 0.316 e. The Morgan fingerprint density at radius 2 is 2.00 bits per heavy atom. The third-order valence-electron chi connectivity index (χ3n) is 0.0894. The summed E-state index contributed by atoms with van der Waals surface area (Å²) in [7, 11) is 0.598. The summed E-state index contributed by atoms with van der Waals surface area (Å²) in [5.74, 6) is 0. The Kier molecular flexibility index (Phi) is 15.9. The Balaban J connectivity index is 0. The molecule has 0 saturated carbocycles. The van der Waals surface area contributed by atoms with E-state index in [0.29, 0.717) is 10.4 Å². The lowest BCUT2D eigenvalue weighted by Crippen LogP contribution is -1.30. The zero-order valence-corrected chi connectivity index (χ0v) is 4.34. The minimum atomic E-state index is 0. The van der Waals surface area contributed by atoms with Crippen LogP contribution in [0.1, 0.15) is 0 Å². The highest BCUT2D eigenvalue weighted by Gasteiger charge is 1.28. The minimum Gasteiger partial charge on any atom is -0.136 e. The third kappa shape index (κ3) is 13.5. The molecular weight excluding hydrogens is 94.4 g/mol. The highest BCUT2D eigenvalue weighted by atomic mass is 28.2. The number of hydrogen-bond acceptors (Lipinski definition) is 1. The summed E-state index contributed by atoms with van der Waals surface area (Å²) in [6.45, 7) is 0. The maximum atomic E-state index is 7.37. The fraction of sp³-hybridized carbons (Fsp3) is 0. The van der Waals surface area contributed by atoms with Gasteiger partial charge in [0.25, 0.3) is 0 Å². The Hall–Kier alpha value is 0.293. The van der Waals surface area contributed by atoms with Crippen LogP contribution in [0.15, 0.2) is 4.78 Å². The van der Waals surface area contributed by atoms with Gasteiger partial charge in [-0.1, -0.05) is 0 Å².